The summed E-state index contributed by atoms with van der Waals surface area (Å²) in [5, 5.41) is 13.6. The van der Waals surface area contributed by atoms with E-state index in [-0.39, 0.29) is 11.6 Å². The van der Waals surface area contributed by atoms with Gasteiger partial charge in [-0.05, 0) is 12.3 Å². The van der Waals surface area contributed by atoms with E-state index in [9.17, 15) is 9.59 Å². The number of hydrogen-bond donors (Lipinski definition) is 2. The molecule has 2 rings (SSSR count). The van der Waals surface area contributed by atoms with Gasteiger partial charge >= 0.3 is 5.97 Å². The third kappa shape index (κ3) is 3.53. The Balaban J connectivity index is 1.69. The lowest BCUT2D eigenvalue weighted by Crippen LogP contribution is -2.24. The van der Waals surface area contributed by atoms with Crippen molar-refractivity contribution in [2.75, 3.05) is 0 Å². The fraction of sp³-hybridized carbons (Fsp3) is 0.583. The summed E-state index contributed by atoms with van der Waals surface area (Å²) < 4.78 is 0. The zero-order valence-electron chi connectivity index (χ0n) is 10.0. The van der Waals surface area contributed by atoms with Crippen molar-refractivity contribution in [2.45, 2.75) is 38.6 Å². The first kappa shape index (κ1) is 13.0. The van der Waals surface area contributed by atoms with Gasteiger partial charge in [0.05, 0.1) is 6.54 Å². The molecule has 1 aliphatic rings. The van der Waals surface area contributed by atoms with Crippen LogP contribution in [-0.4, -0.2) is 22.0 Å². The maximum Gasteiger partial charge on any atom is 0.355 e. The van der Waals surface area contributed by atoms with Crippen LogP contribution in [0.4, 0.5) is 0 Å². The van der Waals surface area contributed by atoms with Crippen LogP contribution in [0.3, 0.4) is 0 Å². The van der Waals surface area contributed by atoms with Crippen LogP contribution < -0.4 is 5.32 Å². The molecule has 98 valence electrons. The van der Waals surface area contributed by atoms with E-state index in [2.05, 4.69) is 10.3 Å². The number of thiazole rings is 1. The normalized spacial score (nSPS) is 15.1. The molecule has 2 N–H and O–H groups in total. The minimum absolute atomic E-state index is 0.0222. The molecule has 5 nitrogen and oxygen atoms in total. The van der Waals surface area contributed by atoms with Gasteiger partial charge in [0.15, 0.2) is 5.69 Å². The van der Waals surface area contributed by atoms with Gasteiger partial charge in [-0.1, -0.05) is 19.3 Å². The summed E-state index contributed by atoms with van der Waals surface area (Å²) in [6.07, 6.45) is 5.32. The number of carbonyl (C=O) groups is 2. The first-order valence-electron chi connectivity index (χ1n) is 6.09. The van der Waals surface area contributed by atoms with Crippen LogP contribution in [-0.2, 0) is 11.3 Å². The van der Waals surface area contributed by atoms with E-state index in [4.69, 9.17) is 5.11 Å². The van der Waals surface area contributed by atoms with E-state index in [1.54, 1.807) is 0 Å². The summed E-state index contributed by atoms with van der Waals surface area (Å²) in [6, 6.07) is 0. The molecule has 0 aliphatic heterocycles. The molecule has 0 saturated heterocycles. The van der Waals surface area contributed by atoms with Crippen LogP contribution in [0.2, 0.25) is 0 Å². The van der Waals surface area contributed by atoms with Crippen LogP contribution in [0.15, 0.2) is 5.38 Å². The Morgan fingerprint density at radius 3 is 2.83 bits per heavy atom. The topological polar surface area (TPSA) is 79.3 Å². The van der Waals surface area contributed by atoms with Gasteiger partial charge in [-0.15, -0.1) is 11.3 Å². The number of carbonyl (C=O) groups excluding carboxylic acids is 1. The van der Waals surface area contributed by atoms with Crippen LogP contribution >= 0.6 is 11.3 Å². The molecule has 18 heavy (non-hydrogen) atoms. The molecular weight excluding hydrogens is 252 g/mol. The third-order valence-electron chi connectivity index (χ3n) is 3.21. The summed E-state index contributed by atoms with van der Waals surface area (Å²) >= 11 is 1.25. The van der Waals surface area contributed by atoms with Crippen molar-refractivity contribution in [3.8, 4) is 0 Å². The second-order valence-corrected chi connectivity index (χ2v) is 5.49. The monoisotopic (exact) mass is 268 g/mol. The van der Waals surface area contributed by atoms with Crippen LogP contribution in [0.1, 0.15) is 47.6 Å². The Bertz CT molecular complexity index is 440. The fourth-order valence-corrected chi connectivity index (χ4v) is 2.58. The lowest BCUT2D eigenvalue weighted by molar-refractivity contribution is -0.121. The first-order valence-corrected chi connectivity index (χ1v) is 6.97. The van der Waals surface area contributed by atoms with Crippen molar-refractivity contribution in [2.24, 2.45) is 5.92 Å². The van der Waals surface area contributed by atoms with Crippen LogP contribution in [0.5, 0.6) is 0 Å². The van der Waals surface area contributed by atoms with Crippen LogP contribution in [0, 0.1) is 5.92 Å². The molecule has 1 aliphatic carbocycles. The molecule has 1 aromatic rings. The SMILES string of the molecule is O=C(CCC1CCC1)NCc1nc(C(=O)O)cs1. The smallest absolute Gasteiger partial charge is 0.355 e. The average molecular weight is 268 g/mol. The van der Waals surface area contributed by atoms with Gasteiger partial charge in [-0.3, -0.25) is 4.79 Å². The third-order valence-corrected chi connectivity index (χ3v) is 4.06. The molecule has 1 fully saturated rings. The molecule has 0 aromatic carbocycles. The quantitative estimate of drug-likeness (QED) is 0.827. The van der Waals surface area contributed by atoms with Gasteiger partial charge in [-0.25, -0.2) is 9.78 Å². The second-order valence-electron chi connectivity index (χ2n) is 4.54. The standard InChI is InChI=1S/C12H16N2O3S/c15-10(5-4-8-2-1-3-8)13-6-11-14-9(7-18-11)12(16)17/h7-8H,1-6H2,(H,13,15)(H,16,17). The first-order chi connectivity index (χ1) is 8.65. The van der Waals surface area contributed by atoms with Crippen LogP contribution in [0.25, 0.3) is 0 Å². The molecule has 1 aromatic heterocycles. The van der Waals surface area contributed by atoms with E-state index in [0.717, 1.165) is 12.3 Å². The van der Waals surface area contributed by atoms with Gasteiger partial charge in [-0.2, -0.15) is 0 Å². The van der Waals surface area contributed by atoms with E-state index in [1.165, 1.54) is 36.0 Å². The number of aromatic nitrogens is 1. The van der Waals surface area contributed by atoms with Crippen molar-refractivity contribution in [3.05, 3.63) is 16.1 Å². The number of aromatic carboxylic acids is 1. The molecule has 0 unspecified atom stereocenters. The largest absolute Gasteiger partial charge is 0.476 e. The minimum Gasteiger partial charge on any atom is -0.476 e. The Morgan fingerprint density at radius 2 is 2.28 bits per heavy atom. The lowest BCUT2D eigenvalue weighted by Gasteiger charge is -2.24. The zero-order chi connectivity index (χ0) is 13.0. The van der Waals surface area contributed by atoms with Gasteiger partial charge < -0.3 is 10.4 Å². The predicted molar refractivity (Wildman–Crippen MR) is 67.5 cm³/mol. The number of rotatable bonds is 6. The Hall–Kier alpha value is -1.43. The Labute approximate surface area is 109 Å². The number of carboxylic acids is 1. The van der Waals surface area contributed by atoms with E-state index in [0.29, 0.717) is 18.0 Å². The number of nitrogens with zero attached hydrogens (tertiary/aromatic N) is 1. The number of carboxylic acid groups (broad SMARTS) is 1. The fourth-order valence-electron chi connectivity index (χ4n) is 1.87. The lowest BCUT2D eigenvalue weighted by atomic mass is 9.82. The van der Waals surface area contributed by atoms with Gasteiger partial charge in [0.25, 0.3) is 0 Å². The van der Waals surface area contributed by atoms with Crippen molar-refractivity contribution in [1.82, 2.24) is 10.3 Å². The minimum atomic E-state index is -1.03. The van der Waals surface area contributed by atoms with Gasteiger partial charge in [0, 0.05) is 11.8 Å². The molecule has 6 heteroatoms. The Kier molecular flexibility index (Phi) is 4.30. The number of nitrogens with one attached hydrogen (secondary N) is 1. The molecule has 1 heterocycles. The maximum absolute atomic E-state index is 11.6. The summed E-state index contributed by atoms with van der Waals surface area (Å²) in [5.41, 5.74) is 0.0405. The highest BCUT2D eigenvalue weighted by molar-refractivity contribution is 7.09. The molecule has 0 bridgehead atoms. The molecular formula is C12H16N2O3S. The van der Waals surface area contributed by atoms with E-state index in [1.807, 2.05) is 0 Å². The van der Waals surface area contributed by atoms with E-state index >= 15 is 0 Å². The highest BCUT2D eigenvalue weighted by atomic mass is 32.1. The predicted octanol–water partition coefficient (Wildman–Crippen LogP) is 2.04. The zero-order valence-corrected chi connectivity index (χ0v) is 10.8. The number of amides is 1. The molecule has 0 radical (unpaired) electrons. The Morgan fingerprint density at radius 1 is 1.50 bits per heavy atom. The van der Waals surface area contributed by atoms with E-state index < -0.39 is 5.97 Å². The summed E-state index contributed by atoms with van der Waals surface area (Å²) in [5.74, 6) is -0.281. The molecule has 0 atom stereocenters. The summed E-state index contributed by atoms with van der Waals surface area (Å²) in [6.45, 7) is 0.321. The highest BCUT2D eigenvalue weighted by Crippen LogP contribution is 2.30. The van der Waals surface area contributed by atoms with Gasteiger partial charge in [0.2, 0.25) is 5.91 Å². The maximum atomic E-state index is 11.6. The van der Waals surface area contributed by atoms with Crippen molar-refractivity contribution >= 4 is 23.2 Å². The van der Waals surface area contributed by atoms with Gasteiger partial charge in [0.1, 0.15) is 5.01 Å². The molecule has 1 saturated carbocycles. The molecule has 1 amide bonds. The van der Waals surface area contributed by atoms with Crippen molar-refractivity contribution in [3.63, 3.8) is 0 Å². The second kappa shape index (κ2) is 5.95. The van der Waals surface area contributed by atoms with Crippen molar-refractivity contribution < 1.29 is 14.7 Å². The summed E-state index contributed by atoms with van der Waals surface area (Å²) in [4.78, 5) is 26.1. The molecule has 0 spiro atoms. The van der Waals surface area contributed by atoms with Crippen molar-refractivity contribution in [1.29, 1.82) is 0 Å². The average Bonchev–Trinajstić information content (AvgIpc) is 2.73. The summed E-state index contributed by atoms with van der Waals surface area (Å²) in [7, 11) is 0. The number of hydrogen-bond acceptors (Lipinski definition) is 4. The highest BCUT2D eigenvalue weighted by Gasteiger charge is 2.18.